The average molecular weight is 224 g/mol. The molecule has 60 valence electrons. The molecule has 1 heterocycles. The highest BCUT2D eigenvalue weighted by atomic mass is 79.9. The van der Waals surface area contributed by atoms with E-state index in [-0.39, 0.29) is 0 Å². The fourth-order valence-electron chi connectivity index (χ4n) is 0.608. The fraction of sp³-hybridized carbons (Fsp3) is 0.167. The van der Waals surface area contributed by atoms with Crippen LogP contribution in [0.4, 0.5) is 8.78 Å². The molecule has 1 aromatic heterocycles. The lowest BCUT2D eigenvalue weighted by Crippen LogP contribution is -1.87. The predicted molar refractivity (Wildman–Crippen MR) is 38.6 cm³/mol. The summed E-state index contributed by atoms with van der Waals surface area (Å²) in [5, 5.41) is 8.79. The first kappa shape index (κ1) is 8.39. The van der Waals surface area contributed by atoms with Crippen molar-refractivity contribution in [1.82, 2.24) is 4.98 Å². The van der Waals surface area contributed by atoms with Crippen LogP contribution in [0.3, 0.4) is 0 Å². The van der Waals surface area contributed by atoms with Gasteiger partial charge < -0.3 is 5.11 Å². The second-order valence-electron chi connectivity index (χ2n) is 1.87. The third-order valence-corrected chi connectivity index (χ3v) is 1.53. The molecule has 0 fully saturated rings. The van der Waals surface area contributed by atoms with Gasteiger partial charge in [0.05, 0.1) is 5.56 Å². The van der Waals surface area contributed by atoms with E-state index in [1.165, 1.54) is 6.20 Å². The lowest BCUT2D eigenvalue weighted by atomic mass is 10.3. The number of hydrogen-bond donors (Lipinski definition) is 1. The van der Waals surface area contributed by atoms with Gasteiger partial charge in [-0.05, 0) is 22.0 Å². The first-order chi connectivity index (χ1) is 5.11. The van der Waals surface area contributed by atoms with Gasteiger partial charge in [-0.3, -0.25) is 0 Å². The number of aromatic hydroxyl groups is 1. The van der Waals surface area contributed by atoms with Crippen LogP contribution in [0.1, 0.15) is 12.0 Å². The molecule has 1 rings (SSSR count). The van der Waals surface area contributed by atoms with Crippen LogP contribution in [0.2, 0.25) is 0 Å². The summed E-state index contributed by atoms with van der Waals surface area (Å²) < 4.78 is 24.4. The largest absolute Gasteiger partial charge is 0.493 e. The summed E-state index contributed by atoms with van der Waals surface area (Å²) in [4.78, 5) is 3.33. The van der Waals surface area contributed by atoms with Gasteiger partial charge >= 0.3 is 0 Å². The SMILES string of the molecule is Oc1ncc(Br)cc1C(F)F. The van der Waals surface area contributed by atoms with Crippen molar-refractivity contribution in [3.05, 3.63) is 22.3 Å². The lowest BCUT2D eigenvalue weighted by molar-refractivity contribution is 0.146. The lowest BCUT2D eigenvalue weighted by Gasteiger charge is -2.01. The molecule has 0 aliphatic heterocycles. The van der Waals surface area contributed by atoms with Gasteiger partial charge in [-0.2, -0.15) is 0 Å². The third kappa shape index (κ3) is 1.86. The second-order valence-corrected chi connectivity index (χ2v) is 2.78. The van der Waals surface area contributed by atoms with E-state index >= 15 is 0 Å². The van der Waals surface area contributed by atoms with E-state index in [4.69, 9.17) is 5.11 Å². The highest BCUT2D eigenvalue weighted by molar-refractivity contribution is 9.10. The van der Waals surface area contributed by atoms with Crippen molar-refractivity contribution in [3.8, 4) is 5.88 Å². The zero-order valence-corrected chi connectivity index (χ0v) is 6.85. The standard InChI is InChI=1S/C6H4BrF2NO/c7-3-1-4(5(8)9)6(11)10-2-3/h1-2,5H,(H,10,11). The van der Waals surface area contributed by atoms with Gasteiger partial charge in [-0.1, -0.05) is 0 Å². The Balaban J connectivity index is 3.13. The van der Waals surface area contributed by atoms with Crippen LogP contribution < -0.4 is 0 Å². The zero-order valence-electron chi connectivity index (χ0n) is 5.26. The number of halogens is 3. The molecule has 0 amide bonds. The highest BCUT2D eigenvalue weighted by Crippen LogP contribution is 2.28. The zero-order chi connectivity index (χ0) is 8.43. The van der Waals surface area contributed by atoms with Crippen molar-refractivity contribution in [2.24, 2.45) is 0 Å². The van der Waals surface area contributed by atoms with Crippen LogP contribution in [-0.4, -0.2) is 10.1 Å². The number of nitrogens with zero attached hydrogens (tertiary/aromatic N) is 1. The summed E-state index contributed by atoms with van der Waals surface area (Å²) in [6.45, 7) is 0. The van der Waals surface area contributed by atoms with E-state index < -0.39 is 17.9 Å². The Morgan fingerprint density at radius 3 is 2.64 bits per heavy atom. The first-order valence-electron chi connectivity index (χ1n) is 2.74. The van der Waals surface area contributed by atoms with Crippen LogP contribution in [-0.2, 0) is 0 Å². The fourth-order valence-corrected chi connectivity index (χ4v) is 0.957. The Labute approximate surface area is 70.0 Å². The van der Waals surface area contributed by atoms with Crippen molar-refractivity contribution in [1.29, 1.82) is 0 Å². The maximum absolute atomic E-state index is 12.0. The van der Waals surface area contributed by atoms with Crippen molar-refractivity contribution in [3.63, 3.8) is 0 Å². The number of rotatable bonds is 1. The van der Waals surface area contributed by atoms with Gasteiger partial charge in [-0.25, -0.2) is 13.8 Å². The van der Waals surface area contributed by atoms with E-state index in [0.717, 1.165) is 6.07 Å². The number of hydrogen-bond acceptors (Lipinski definition) is 2. The number of pyridine rings is 1. The van der Waals surface area contributed by atoms with Crippen LogP contribution in [0.25, 0.3) is 0 Å². The molecule has 2 nitrogen and oxygen atoms in total. The van der Waals surface area contributed by atoms with Crippen molar-refractivity contribution in [2.45, 2.75) is 6.43 Å². The van der Waals surface area contributed by atoms with Gasteiger partial charge in [0.15, 0.2) is 0 Å². The van der Waals surface area contributed by atoms with E-state index in [2.05, 4.69) is 20.9 Å². The van der Waals surface area contributed by atoms with E-state index in [9.17, 15) is 8.78 Å². The summed E-state index contributed by atoms with van der Waals surface area (Å²) in [6, 6.07) is 1.13. The minimum absolute atomic E-state index is 0.422. The summed E-state index contributed by atoms with van der Waals surface area (Å²) >= 11 is 2.96. The molecular weight excluding hydrogens is 220 g/mol. The number of aromatic nitrogens is 1. The van der Waals surface area contributed by atoms with Crippen molar-refractivity contribution in [2.75, 3.05) is 0 Å². The smallest absolute Gasteiger partial charge is 0.269 e. The molecule has 1 aromatic rings. The first-order valence-corrected chi connectivity index (χ1v) is 3.53. The minimum Gasteiger partial charge on any atom is -0.493 e. The average Bonchev–Trinajstić information content (AvgIpc) is 1.94. The molecule has 11 heavy (non-hydrogen) atoms. The number of alkyl halides is 2. The summed E-state index contributed by atoms with van der Waals surface area (Å²) in [5.41, 5.74) is -0.459. The molecule has 0 unspecified atom stereocenters. The molecule has 0 saturated heterocycles. The van der Waals surface area contributed by atoms with Gasteiger partial charge in [0.1, 0.15) is 0 Å². The van der Waals surface area contributed by atoms with Crippen LogP contribution >= 0.6 is 15.9 Å². The molecule has 5 heteroatoms. The summed E-state index contributed by atoms with van der Waals surface area (Å²) in [5.74, 6) is -0.622. The summed E-state index contributed by atoms with van der Waals surface area (Å²) in [7, 11) is 0. The topological polar surface area (TPSA) is 33.1 Å². The van der Waals surface area contributed by atoms with Crippen molar-refractivity contribution < 1.29 is 13.9 Å². The molecule has 0 bridgehead atoms. The van der Waals surface area contributed by atoms with Gasteiger partial charge in [0.2, 0.25) is 5.88 Å². The molecule has 0 aromatic carbocycles. The molecule has 0 aliphatic carbocycles. The normalized spacial score (nSPS) is 10.5. The quantitative estimate of drug-likeness (QED) is 0.794. The Morgan fingerprint density at radius 1 is 1.55 bits per heavy atom. The van der Waals surface area contributed by atoms with Crippen molar-refractivity contribution >= 4 is 15.9 Å². The maximum atomic E-state index is 12.0. The Morgan fingerprint density at radius 2 is 2.18 bits per heavy atom. The third-order valence-electron chi connectivity index (χ3n) is 1.10. The minimum atomic E-state index is -2.69. The molecule has 0 aliphatic rings. The predicted octanol–water partition coefficient (Wildman–Crippen LogP) is 2.49. The monoisotopic (exact) mass is 223 g/mol. The van der Waals surface area contributed by atoms with E-state index in [1.807, 2.05) is 0 Å². The van der Waals surface area contributed by atoms with E-state index in [0.29, 0.717) is 4.47 Å². The van der Waals surface area contributed by atoms with Gasteiger partial charge in [0, 0.05) is 10.7 Å². The van der Waals surface area contributed by atoms with Gasteiger partial charge in [0.25, 0.3) is 6.43 Å². The Bertz CT molecular complexity index is 267. The maximum Gasteiger partial charge on any atom is 0.269 e. The molecule has 0 saturated carbocycles. The molecule has 0 spiro atoms. The van der Waals surface area contributed by atoms with Gasteiger partial charge in [-0.15, -0.1) is 0 Å². The van der Waals surface area contributed by atoms with Crippen LogP contribution in [0.5, 0.6) is 5.88 Å². The second kappa shape index (κ2) is 3.13. The van der Waals surface area contributed by atoms with Crippen LogP contribution in [0.15, 0.2) is 16.7 Å². The summed E-state index contributed by atoms with van der Waals surface area (Å²) in [6.07, 6.45) is -1.44. The molecule has 1 N–H and O–H groups in total. The molecule has 0 atom stereocenters. The Kier molecular flexibility index (Phi) is 2.38. The Hall–Kier alpha value is -0.710. The molecule has 0 radical (unpaired) electrons. The van der Waals surface area contributed by atoms with Crippen LogP contribution in [0, 0.1) is 0 Å². The van der Waals surface area contributed by atoms with E-state index in [1.54, 1.807) is 0 Å². The molecular formula is C6H4BrF2NO. The highest BCUT2D eigenvalue weighted by Gasteiger charge is 2.13.